The number of hydrogen-bond acceptors (Lipinski definition) is 4. The molecule has 0 unspecified atom stereocenters. The van der Waals surface area contributed by atoms with Gasteiger partial charge in [0.05, 0.1) is 17.0 Å². The molecule has 1 aliphatic rings. The number of nitrogens with zero attached hydrogens (tertiary/aromatic N) is 2. The van der Waals surface area contributed by atoms with Crippen LogP contribution < -0.4 is 15.1 Å². The third kappa shape index (κ3) is 4.89. The van der Waals surface area contributed by atoms with E-state index in [-0.39, 0.29) is 24.2 Å². The second kappa shape index (κ2) is 9.26. The fraction of sp³-hybridized carbons (Fsp3) is 0.0800. The molecule has 0 saturated carbocycles. The Balaban J connectivity index is 1.37. The molecule has 0 fully saturated rings. The highest BCUT2D eigenvalue weighted by Crippen LogP contribution is 2.25. The summed E-state index contributed by atoms with van der Waals surface area (Å²) in [6, 6.07) is 21.8. The molecule has 0 aromatic heterocycles. The number of benzene rings is 3. The van der Waals surface area contributed by atoms with Crippen LogP contribution in [0.25, 0.3) is 6.08 Å². The van der Waals surface area contributed by atoms with E-state index in [4.69, 9.17) is 4.74 Å². The van der Waals surface area contributed by atoms with Crippen LogP contribution in [0.3, 0.4) is 0 Å². The van der Waals surface area contributed by atoms with Gasteiger partial charge in [-0.25, -0.2) is 4.39 Å². The summed E-state index contributed by atoms with van der Waals surface area (Å²) in [7, 11) is 0. The lowest BCUT2D eigenvalue weighted by atomic mass is 10.1. The van der Waals surface area contributed by atoms with E-state index in [2.05, 4.69) is 10.4 Å². The summed E-state index contributed by atoms with van der Waals surface area (Å²) in [5.41, 5.74) is 3.16. The quantitative estimate of drug-likeness (QED) is 0.580. The second-order valence-electron chi connectivity index (χ2n) is 7.11. The SMILES string of the molecule is CC1=NN(c2ccccc2)C(=O)/C1=C\c1ccc(OCC(=O)Nc2ccc(F)cc2)cc1. The van der Waals surface area contributed by atoms with Gasteiger partial charge in [0.1, 0.15) is 11.6 Å². The number of hydrogen-bond donors (Lipinski definition) is 1. The lowest BCUT2D eigenvalue weighted by Crippen LogP contribution is -2.21. The predicted molar refractivity (Wildman–Crippen MR) is 122 cm³/mol. The van der Waals surface area contributed by atoms with Crippen molar-refractivity contribution in [2.75, 3.05) is 16.9 Å². The highest BCUT2D eigenvalue weighted by molar-refractivity contribution is 6.32. The molecular formula is C25H20FN3O3. The number of hydrazone groups is 1. The average Bonchev–Trinajstić information content (AvgIpc) is 3.09. The third-order valence-corrected chi connectivity index (χ3v) is 4.75. The van der Waals surface area contributed by atoms with Crippen molar-refractivity contribution < 1.29 is 18.7 Å². The maximum Gasteiger partial charge on any atom is 0.280 e. The summed E-state index contributed by atoms with van der Waals surface area (Å²) in [5, 5.41) is 8.38. The zero-order chi connectivity index (χ0) is 22.5. The summed E-state index contributed by atoms with van der Waals surface area (Å²) in [6.07, 6.45) is 1.77. The molecule has 0 saturated heterocycles. The first-order chi connectivity index (χ1) is 15.5. The van der Waals surface area contributed by atoms with Gasteiger partial charge < -0.3 is 10.1 Å². The van der Waals surface area contributed by atoms with Crippen LogP contribution in [0.4, 0.5) is 15.8 Å². The van der Waals surface area contributed by atoms with E-state index >= 15 is 0 Å². The van der Waals surface area contributed by atoms with E-state index in [1.807, 2.05) is 30.3 Å². The van der Waals surface area contributed by atoms with Crippen molar-refractivity contribution in [3.63, 3.8) is 0 Å². The number of para-hydroxylation sites is 1. The molecule has 1 N–H and O–H groups in total. The van der Waals surface area contributed by atoms with Crippen LogP contribution in [-0.2, 0) is 9.59 Å². The Kier molecular flexibility index (Phi) is 6.07. The van der Waals surface area contributed by atoms with E-state index in [0.29, 0.717) is 28.4 Å². The number of amides is 2. The van der Waals surface area contributed by atoms with Crippen LogP contribution in [0.15, 0.2) is 89.5 Å². The lowest BCUT2D eigenvalue weighted by Gasteiger charge is -2.11. The molecule has 0 aliphatic carbocycles. The van der Waals surface area contributed by atoms with Gasteiger partial charge in [-0.2, -0.15) is 10.1 Å². The molecule has 6 nitrogen and oxygen atoms in total. The van der Waals surface area contributed by atoms with Gasteiger partial charge in [-0.05, 0) is 67.1 Å². The summed E-state index contributed by atoms with van der Waals surface area (Å²) in [6.45, 7) is 1.61. The number of ether oxygens (including phenoxy) is 1. The number of halogens is 1. The van der Waals surface area contributed by atoms with Crippen LogP contribution in [0, 0.1) is 5.82 Å². The fourth-order valence-electron chi connectivity index (χ4n) is 3.13. The summed E-state index contributed by atoms with van der Waals surface area (Å²) in [5.74, 6) is -0.406. The molecule has 32 heavy (non-hydrogen) atoms. The molecule has 7 heteroatoms. The summed E-state index contributed by atoms with van der Waals surface area (Å²) < 4.78 is 18.4. The highest BCUT2D eigenvalue weighted by Gasteiger charge is 2.28. The Hall–Kier alpha value is -4.26. The molecule has 160 valence electrons. The number of nitrogens with one attached hydrogen (secondary N) is 1. The molecule has 1 heterocycles. The topological polar surface area (TPSA) is 71.0 Å². The van der Waals surface area contributed by atoms with Gasteiger partial charge in [0, 0.05) is 5.69 Å². The largest absolute Gasteiger partial charge is 0.484 e. The number of rotatable bonds is 6. The minimum Gasteiger partial charge on any atom is -0.484 e. The van der Waals surface area contributed by atoms with Crippen LogP contribution in [-0.4, -0.2) is 24.1 Å². The smallest absolute Gasteiger partial charge is 0.280 e. The van der Waals surface area contributed by atoms with Crippen LogP contribution in [0.5, 0.6) is 5.75 Å². The van der Waals surface area contributed by atoms with Gasteiger partial charge in [0.2, 0.25) is 0 Å². The zero-order valence-electron chi connectivity index (χ0n) is 17.3. The van der Waals surface area contributed by atoms with Crippen molar-refractivity contribution >= 4 is 35.0 Å². The molecule has 3 aromatic carbocycles. The van der Waals surface area contributed by atoms with Crippen molar-refractivity contribution in [3.05, 3.63) is 95.8 Å². The first kappa shape index (κ1) is 21.0. The lowest BCUT2D eigenvalue weighted by molar-refractivity contribution is -0.118. The van der Waals surface area contributed by atoms with Gasteiger partial charge in [-0.15, -0.1) is 0 Å². The Morgan fingerprint density at radius 1 is 1.03 bits per heavy atom. The van der Waals surface area contributed by atoms with Crippen molar-refractivity contribution in [3.8, 4) is 5.75 Å². The normalized spacial score (nSPS) is 14.4. The Morgan fingerprint density at radius 2 is 1.72 bits per heavy atom. The molecular weight excluding hydrogens is 409 g/mol. The van der Waals surface area contributed by atoms with Gasteiger partial charge in [-0.3, -0.25) is 9.59 Å². The van der Waals surface area contributed by atoms with Crippen molar-refractivity contribution in [2.45, 2.75) is 6.92 Å². The van der Waals surface area contributed by atoms with E-state index in [9.17, 15) is 14.0 Å². The van der Waals surface area contributed by atoms with Gasteiger partial charge in [-0.1, -0.05) is 30.3 Å². The minimum atomic E-state index is -0.372. The Labute approximate surface area is 184 Å². The monoisotopic (exact) mass is 429 g/mol. The van der Waals surface area contributed by atoms with E-state index in [1.54, 1.807) is 37.3 Å². The maximum atomic E-state index is 12.9. The van der Waals surface area contributed by atoms with Gasteiger partial charge in [0.15, 0.2) is 6.61 Å². The van der Waals surface area contributed by atoms with Gasteiger partial charge in [0.25, 0.3) is 11.8 Å². The van der Waals surface area contributed by atoms with E-state index in [1.165, 1.54) is 29.3 Å². The first-order valence-corrected chi connectivity index (χ1v) is 9.95. The maximum absolute atomic E-state index is 12.9. The standard InChI is InChI=1S/C25H20FN3O3/c1-17-23(25(31)29(28-17)21-5-3-2-4-6-21)15-18-7-13-22(14-8-18)32-16-24(30)27-20-11-9-19(26)10-12-20/h2-15H,16H2,1H3,(H,27,30)/b23-15-. The molecule has 3 aromatic rings. The molecule has 0 atom stereocenters. The fourth-order valence-corrected chi connectivity index (χ4v) is 3.13. The summed E-state index contributed by atoms with van der Waals surface area (Å²) in [4.78, 5) is 24.8. The molecule has 0 bridgehead atoms. The zero-order valence-corrected chi connectivity index (χ0v) is 17.3. The predicted octanol–water partition coefficient (Wildman–Crippen LogP) is 4.65. The number of carbonyl (C=O) groups excluding carboxylic acids is 2. The van der Waals surface area contributed by atoms with Gasteiger partial charge >= 0.3 is 0 Å². The van der Waals surface area contributed by atoms with Crippen LogP contribution >= 0.6 is 0 Å². The minimum absolute atomic E-state index is 0.186. The number of carbonyl (C=O) groups is 2. The molecule has 1 aliphatic heterocycles. The van der Waals surface area contributed by atoms with Crippen molar-refractivity contribution in [1.82, 2.24) is 0 Å². The molecule has 4 rings (SSSR count). The van der Waals surface area contributed by atoms with E-state index < -0.39 is 0 Å². The van der Waals surface area contributed by atoms with Crippen molar-refractivity contribution in [1.29, 1.82) is 0 Å². The van der Waals surface area contributed by atoms with Crippen molar-refractivity contribution in [2.24, 2.45) is 5.10 Å². The Morgan fingerprint density at radius 3 is 2.41 bits per heavy atom. The third-order valence-electron chi connectivity index (χ3n) is 4.75. The highest BCUT2D eigenvalue weighted by atomic mass is 19.1. The Bertz CT molecular complexity index is 1190. The molecule has 2 amide bonds. The number of anilines is 2. The molecule has 0 radical (unpaired) electrons. The van der Waals surface area contributed by atoms with Crippen LogP contribution in [0.2, 0.25) is 0 Å². The second-order valence-corrected chi connectivity index (χ2v) is 7.11. The first-order valence-electron chi connectivity index (χ1n) is 9.95. The van der Waals surface area contributed by atoms with E-state index in [0.717, 1.165) is 5.56 Å². The summed E-state index contributed by atoms with van der Waals surface area (Å²) >= 11 is 0. The van der Waals surface area contributed by atoms with Crippen LogP contribution in [0.1, 0.15) is 12.5 Å². The molecule has 0 spiro atoms. The average molecular weight is 429 g/mol.